The van der Waals surface area contributed by atoms with Gasteiger partial charge in [-0.15, -0.1) is 0 Å². The van der Waals surface area contributed by atoms with E-state index in [2.05, 4.69) is 63.5 Å². The lowest BCUT2D eigenvalue weighted by atomic mass is 9.81. The largest absolute Gasteiger partial charge is 0.376 e. The molecule has 0 saturated heterocycles. The van der Waals surface area contributed by atoms with Gasteiger partial charge in [-0.3, -0.25) is 0 Å². The number of rotatable bonds is 2. The van der Waals surface area contributed by atoms with Crippen LogP contribution in [-0.2, 0) is 0 Å². The van der Waals surface area contributed by atoms with E-state index >= 15 is 0 Å². The molecule has 3 heteroatoms. The zero-order chi connectivity index (χ0) is 13.2. The second-order valence-corrected chi connectivity index (χ2v) is 5.90. The third kappa shape index (κ3) is 2.52. The van der Waals surface area contributed by atoms with Gasteiger partial charge in [0.1, 0.15) is 4.60 Å². The fourth-order valence-corrected chi connectivity index (χ4v) is 3.20. The molecule has 1 N–H and O–H groups in total. The predicted molar refractivity (Wildman–Crippen MR) is 82.4 cm³/mol. The second kappa shape index (κ2) is 5.33. The summed E-state index contributed by atoms with van der Waals surface area (Å²) in [5.74, 6) is 0.659. The maximum Gasteiger partial charge on any atom is 0.129 e. The van der Waals surface area contributed by atoms with Crippen LogP contribution < -0.4 is 5.32 Å². The van der Waals surface area contributed by atoms with Crippen molar-refractivity contribution >= 4 is 21.6 Å². The first-order valence-corrected chi connectivity index (χ1v) is 7.51. The average molecular weight is 317 g/mol. The summed E-state index contributed by atoms with van der Waals surface area (Å²) in [6, 6.07) is 13.2. The third-order valence-corrected chi connectivity index (χ3v) is 4.51. The van der Waals surface area contributed by atoms with Gasteiger partial charge in [0.05, 0.1) is 11.7 Å². The first-order valence-electron chi connectivity index (χ1n) is 6.71. The number of anilines is 1. The molecule has 2 unspecified atom stereocenters. The van der Waals surface area contributed by atoms with Crippen LogP contribution in [0.5, 0.6) is 0 Å². The molecule has 2 nitrogen and oxygen atoms in total. The molecule has 19 heavy (non-hydrogen) atoms. The molecule has 2 aromatic rings. The van der Waals surface area contributed by atoms with E-state index in [1.807, 2.05) is 6.07 Å². The van der Waals surface area contributed by atoms with Crippen molar-refractivity contribution in [2.24, 2.45) is 0 Å². The van der Waals surface area contributed by atoms with E-state index in [0.29, 0.717) is 12.0 Å². The zero-order valence-electron chi connectivity index (χ0n) is 10.9. The summed E-state index contributed by atoms with van der Waals surface area (Å²) in [4.78, 5) is 4.27. The molecule has 0 radical (unpaired) electrons. The Morgan fingerprint density at radius 3 is 2.68 bits per heavy atom. The fourth-order valence-electron chi connectivity index (χ4n) is 2.84. The lowest BCUT2D eigenvalue weighted by Gasteiger charge is -2.31. The SMILES string of the molecule is CC1CCC(Nc2cccnc2Br)c2ccccc21. The number of hydrogen-bond acceptors (Lipinski definition) is 2. The Kier molecular flexibility index (Phi) is 3.56. The molecule has 1 aliphatic carbocycles. The van der Waals surface area contributed by atoms with E-state index < -0.39 is 0 Å². The lowest BCUT2D eigenvalue weighted by Crippen LogP contribution is -2.19. The Morgan fingerprint density at radius 2 is 1.89 bits per heavy atom. The normalized spacial score (nSPS) is 21.8. The molecule has 98 valence electrons. The quantitative estimate of drug-likeness (QED) is 0.797. The van der Waals surface area contributed by atoms with E-state index in [1.54, 1.807) is 6.20 Å². The number of benzene rings is 1. The van der Waals surface area contributed by atoms with Gasteiger partial charge in [0.15, 0.2) is 0 Å². The minimum Gasteiger partial charge on any atom is -0.376 e. The van der Waals surface area contributed by atoms with E-state index in [4.69, 9.17) is 0 Å². The molecular formula is C16H17BrN2. The number of aromatic nitrogens is 1. The number of nitrogens with one attached hydrogen (secondary N) is 1. The number of fused-ring (bicyclic) bond motifs is 1. The summed E-state index contributed by atoms with van der Waals surface area (Å²) < 4.78 is 0.881. The van der Waals surface area contributed by atoms with Gasteiger partial charge in [-0.2, -0.15) is 0 Å². The first kappa shape index (κ1) is 12.7. The highest BCUT2D eigenvalue weighted by atomic mass is 79.9. The minimum absolute atomic E-state index is 0.382. The number of pyridine rings is 1. The lowest BCUT2D eigenvalue weighted by molar-refractivity contribution is 0.534. The Hall–Kier alpha value is -1.35. The van der Waals surface area contributed by atoms with Crippen LogP contribution in [0.1, 0.15) is 42.9 Å². The van der Waals surface area contributed by atoms with Gasteiger partial charge in [0, 0.05) is 6.20 Å². The van der Waals surface area contributed by atoms with Crippen LogP contribution in [0.3, 0.4) is 0 Å². The Balaban J connectivity index is 1.91. The van der Waals surface area contributed by atoms with Crippen molar-refractivity contribution in [1.29, 1.82) is 0 Å². The number of halogens is 1. The summed E-state index contributed by atoms with van der Waals surface area (Å²) in [7, 11) is 0. The summed E-state index contributed by atoms with van der Waals surface area (Å²) >= 11 is 3.50. The fraction of sp³-hybridized carbons (Fsp3) is 0.312. The molecule has 1 heterocycles. The molecule has 2 atom stereocenters. The van der Waals surface area contributed by atoms with Crippen molar-refractivity contribution in [3.63, 3.8) is 0 Å². The van der Waals surface area contributed by atoms with Crippen molar-refractivity contribution in [1.82, 2.24) is 4.98 Å². The van der Waals surface area contributed by atoms with Gasteiger partial charge in [0.2, 0.25) is 0 Å². The van der Waals surface area contributed by atoms with Gasteiger partial charge in [0.25, 0.3) is 0 Å². The zero-order valence-corrected chi connectivity index (χ0v) is 12.5. The van der Waals surface area contributed by atoms with E-state index in [0.717, 1.165) is 10.3 Å². The maximum atomic E-state index is 4.27. The molecule has 3 rings (SSSR count). The predicted octanol–water partition coefficient (Wildman–Crippen LogP) is 4.89. The summed E-state index contributed by atoms with van der Waals surface area (Å²) in [5, 5.41) is 3.62. The van der Waals surface area contributed by atoms with E-state index in [1.165, 1.54) is 24.0 Å². The summed E-state index contributed by atoms with van der Waals surface area (Å²) in [6.07, 6.45) is 4.19. The monoisotopic (exact) mass is 316 g/mol. The highest BCUT2D eigenvalue weighted by Crippen LogP contribution is 2.39. The van der Waals surface area contributed by atoms with Crippen LogP contribution in [0.25, 0.3) is 0 Å². The van der Waals surface area contributed by atoms with Crippen molar-refractivity contribution in [2.75, 3.05) is 5.32 Å². The van der Waals surface area contributed by atoms with Crippen molar-refractivity contribution in [2.45, 2.75) is 31.7 Å². The van der Waals surface area contributed by atoms with Gasteiger partial charge in [-0.1, -0.05) is 31.2 Å². The molecule has 1 aromatic carbocycles. The maximum absolute atomic E-state index is 4.27. The molecule has 0 amide bonds. The van der Waals surface area contributed by atoms with Gasteiger partial charge in [-0.05, 0) is 57.9 Å². The molecule has 1 aliphatic rings. The van der Waals surface area contributed by atoms with Crippen LogP contribution in [0.4, 0.5) is 5.69 Å². The Labute approximate surface area is 122 Å². The molecule has 0 spiro atoms. The molecule has 0 fully saturated rings. The molecule has 0 bridgehead atoms. The minimum atomic E-state index is 0.382. The molecule has 0 saturated carbocycles. The van der Waals surface area contributed by atoms with Gasteiger partial charge >= 0.3 is 0 Å². The Morgan fingerprint density at radius 1 is 1.11 bits per heavy atom. The first-order chi connectivity index (χ1) is 9.25. The third-order valence-electron chi connectivity index (χ3n) is 3.88. The second-order valence-electron chi connectivity index (χ2n) is 5.15. The Bertz CT molecular complexity index is 582. The standard InChI is InChI=1S/C16H17BrN2/c1-11-8-9-14(13-6-3-2-5-12(11)13)19-15-7-4-10-18-16(15)17/h2-7,10-11,14,19H,8-9H2,1H3. The topological polar surface area (TPSA) is 24.9 Å². The van der Waals surface area contributed by atoms with Gasteiger partial charge < -0.3 is 5.32 Å². The highest BCUT2D eigenvalue weighted by Gasteiger charge is 2.24. The summed E-state index contributed by atoms with van der Waals surface area (Å²) in [5.41, 5.74) is 3.97. The molecular weight excluding hydrogens is 300 g/mol. The average Bonchev–Trinajstić information content (AvgIpc) is 2.44. The van der Waals surface area contributed by atoms with Crippen LogP contribution in [0.2, 0.25) is 0 Å². The van der Waals surface area contributed by atoms with Crippen LogP contribution in [-0.4, -0.2) is 4.98 Å². The summed E-state index contributed by atoms with van der Waals surface area (Å²) in [6.45, 7) is 2.31. The van der Waals surface area contributed by atoms with Crippen molar-refractivity contribution < 1.29 is 0 Å². The van der Waals surface area contributed by atoms with Crippen LogP contribution in [0, 0.1) is 0 Å². The smallest absolute Gasteiger partial charge is 0.129 e. The highest BCUT2D eigenvalue weighted by molar-refractivity contribution is 9.10. The van der Waals surface area contributed by atoms with Crippen LogP contribution >= 0.6 is 15.9 Å². The van der Waals surface area contributed by atoms with E-state index in [-0.39, 0.29) is 0 Å². The molecule has 0 aliphatic heterocycles. The molecule has 1 aromatic heterocycles. The van der Waals surface area contributed by atoms with Gasteiger partial charge in [-0.25, -0.2) is 4.98 Å². The number of hydrogen-bond donors (Lipinski definition) is 1. The number of nitrogens with zero attached hydrogens (tertiary/aromatic N) is 1. The van der Waals surface area contributed by atoms with Crippen LogP contribution in [0.15, 0.2) is 47.2 Å². The van der Waals surface area contributed by atoms with E-state index in [9.17, 15) is 0 Å². The van der Waals surface area contributed by atoms with Crippen molar-refractivity contribution in [3.8, 4) is 0 Å². The van der Waals surface area contributed by atoms with Crippen molar-refractivity contribution in [3.05, 3.63) is 58.3 Å².